The fourth-order valence-corrected chi connectivity index (χ4v) is 3.29. The van der Waals surface area contributed by atoms with E-state index in [2.05, 4.69) is 33.2 Å². The molecule has 2 aliphatic rings. The lowest BCUT2D eigenvalue weighted by atomic mass is 10.1. The molecule has 2 aromatic rings. The van der Waals surface area contributed by atoms with Gasteiger partial charge in [0.15, 0.2) is 5.82 Å². The van der Waals surface area contributed by atoms with Crippen LogP contribution in [0, 0.1) is 6.92 Å². The van der Waals surface area contributed by atoms with Gasteiger partial charge in [-0.1, -0.05) is 11.2 Å². The van der Waals surface area contributed by atoms with E-state index in [-0.39, 0.29) is 12.3 Å². The zero-order valence-electron chi connectivity index (χ0n) is 13.7. The zero-order valence-corrected chi connectivity index (χ0v) is 13.7. The van der Waals surface area contributed by atoms with Crippen molar-refractivity contribution in [2.75, 3.05) is 42.6 Å². The molecule has 1 saturated heterocycles. The Labute approximate surface area is 140 Å². The van der Waals surface area contributed by atoms with E-state index in [1.165, 1.54) is 5.56 Å². The first-order valence-corrected chi connectivity index (χ1v) is 8.26. The van der Waals surface area contributed by atoms with Gasteiger partial charge >= 0.3 is 0 Å². The van der Waals surface area contributed by atoms with Crippen molar-refractivity contribution in [1.29, 1.82) is 0 Å². The number of fused-ring (bicyclic) bond motifs is 1. The quantitative estimate of drug-likeness (QED) is 0.847. The first kappa shape index (κ1) is 15.1. The number of nitrogens with zero attached hydrogens (tertiary/aromatic N) is 4. The van der Waals surface area contributed by atoms with Crippen molar-refractivity contribution in [1.82, 2.24) is 10.1 Å². The van der Waals surface area contributed by atoms with E-state index in [1.54, 1.807) is 6.92 Å². The van der Waals surface area contributed by atoms with E-state index < -0.39 is 0 Å². The fourth-order valence-electron chi connectivity index (χ4n) is 3.29. The van der Waals surface area contributed by atoms with Crippen LogP contribution in [0.2, 0.25) is 0 Å². The molecule has 1 fully saturated rings. The minimum Gasteiger partial charge on any atom is -0.378 e. The second-order valence-corrected chi connectivity index (χ2v) is 6.11. The number of hydrogen-bond donors (Lipinski definition) is 0. The van der Waals surface area contributed by atoms with Crippen LogP contribution in [0.4, 0.5) is 11.4 Å². The molecule has 126 valence electrons. The van der Waals surface area contributed by atoms with Gasteiger partial charge in [0.05, 0.1) is 19.6 Å². The maximum Gasteiger partial charge on any atom is 0.234 e. The van der Waals surface area contributed by atoms with Crippen LogP contribution in [-0.2, 0) is 22.4 Å². The van der Waals surface area contributed by atoms with E-state index in [4.69, 9.17) is 9.26 Å². The van der Waals surface area contributed by atoms with Crippen LogP contribution < -0.4 is 9.80 Å². The summed E-state index contributed by atoms with van der Waals surface area (Å²) in [6, 6.07) is 6.39. The number of hydrogen-bond acceptors (Lipinski definition) is 6. The topological polar surface area (TPSA) is 71.7 Å². The summed E-state index contributed by atoms with van der Waals surface area (Å²) in [5.41, 5.74) is 3.36. The molecule has 4 rings (SSSR count). The van der Waals surface area contributed by atoms with Crippen molar-refractivity contribution in [3.8, 4) is 0 Å². The molecule has 0 spiro atoms. The molecule has 1 aromatic heterocycles. The van der Waals surface area contributed by atoms with E-state index in [9.17, 15) is 4.79 Å². The number of aryl methyl sites for hydroxylation is 1. The van der Waals surface area contributed by atoms with Crippen molar-refractivity contribution in [2.24, 2.45) is 0 Å². The Balaban J connectivity index is 1.54. The number of amides is 1. The Bertz CT molecular complexity index is 752. The second-order valence-electron chi connectivity index (χ2n) is 6.11. The number of carbonyl (C=O) groups excluding carboxylic acids is 1. The Morgan fingerprint density at radius 3 is 2.83 bits per heavy atom. The summed E-state index contributed by atoms with van der Waals surface area (Å²) in [6.07, 6.45) is 1.05. The van der Waals surface area contributed by atoms with E-state index in [1.807, 2.05) is 4.90 Å². The minimum atomic E-state index is 0.00803. The van der Waals surface area contributed by atoms with Crippen molar-refractivity contribution in [2.45, 2.75) is 19.8 Å². The van der Waals surface area contributed by atoms with Crippen molar-refractivity contribution in [3.05, 3.63) is 35.5 Å². The molecule has 0 aliphatic carbocycles. The van der Waals surface area contributed by atoms with Gasteiger partial charge in [-0.05, 0) is 24.1 Å². The van der Waals surface area contributed by atoms with Crippen molar-refractivity contribution in [3.63, 3.8) is 0 Å². The number of rotatable bonds is 3. The maximum atomic E-state index is 12.6. The Hall–Kier alpha value is -2.41. The summed E-state index contributed by atoms with van der Waals surface area (Å²) in [5.74, 6) is 0.929. The number of anilines is 2. The molecule has 3 heterocycles. The average Bonchev–Trinajstić information content (AvgIpc) is 3.21. The van der Waals surface area contributed by atoms with Crippen LogP contribution in [0.1, 0.15) is 17.3 Å². The summed E-state index contributed by atoms with van der Waals surface area (Å²) in [7, 11) is 0. The summed E-state index contributed by atoms with van der Waals surface area (Å²) in [4.78, 5) is 20.9. The molecule has 0 unspecified atom stereocenters. The summed E-state index contributed by atoms with van der Waals surface area (Å²) in [6.45, 7) is 5.69. The molecule has 0 N–H and O–H groups in total. The van der Waals surface area contributed by atoms with E-state index >= 15 is 0 Å². The Morgan fingerprint density at radius 2 is 2.08 bits per heavy atom. The van der Waals surface area contributed by atoms with Crippen LogP contribution in [0.25, 0.3) is 0 Å². The molecule has 7 nitrogen and oxygen atoms in total. The number of carbonyl (C=O) groups is 1. The van der Waals surface area contributed by atoms with Gasteiger partial charge in [-0.3, -0.25) is 4.79 Å². The monoisotopic (exact) mass is 328 g/mol. The van der Waals surface area contributed by atoms with Gasteiger partial charge < -0.3 is 19.1 Å². The third kappa shape index (κ3) is 2.87. The molecule has 0 radical (unpaired) electrons. The van der Waals surface area contributed by atoms with E-state index in [0.717, 1.165) is 44.1 Å². The smallest absolute Gasteiger partial charge is 0.234 e. The average molecular weight is 328 g/mol. The van der Waals surface area contributed by atoms with Crippen LogP contribution in [-0.4, -0.2) is 48.9 Å². The fraction of sp³-hybridized carbons (Fsp3) is 0.471. The lowest BCUT2D eigenvalue weighted by Crippen LogP contribution is -2.36. The van der Waals surface area contributed by atoms with Crippen LogP contribution in [0.3, 0.4) is 0 Å². The van der Waals surface area contributed by atoms with E-state index in [0.29, 0.717) is 18.3 Å². The predicted octanol–water partition coefficient (Wildman–Crippen LogP) is 1.35. The standard InChI is InChI=1S/C17H20N4O3/c1-12-18-16(19-24-12)11-17(22)21-5-4-13-2-3-14(10-15(13)21)20-6-8-23-9-7-20/h2-3,10H,4-9,11H2,1H3. The first-order valence-electron chi connectivity index (χ1n) is 8.26. The molecule has 0 saturated carbocycles. The highest BCUT2D eigenvalue weighted by Gasteiger charge is 2.27. The van der Waals surface area contributed by atoms with Gasteiger partial charge in [0.2, 0.25) is 11.8 Å². The normalized spacial score (nSPS) is 17.2. The van der Waals surface area contributed by atoms with Gasteiger partial charge in [0, 0.05) is 37.9 Å². The molecule has 0 bridgehead atoms. The van der Waals surface area contributed by atoms with Gasteiger partial charge in [0.1, 0.15) is 0 Å². The van der Waals surface area contributed by atoms with Crippen LogP contribution >= 0.6 is 0 Å². The highest BCUT2D eigenvalue weighted by Crippen LogP contribution is 2.32. The third-order valence-corrected chi connectivity index (χ3v) is 4.52. The number of aromatic nitrogens is 2. The minimum absolute atomic E-state index is 0.00803. The zero-order chi connectivity index (χ0) is 16.5. The lowest BCUT2D eigenvalue weighted by Gasteiger charge is -2.29. The summed E-state index contributed by atoms with van der Waals surface area (Å²) in [5, 5.41) is 3.82. The largest absolute Gasteiger partial charge is 0.378 e. The molecule has 0 atom stereocenters. The number of benzene rings is 1. The van der Waals surface area contributed by atoms with Crippen LogP contribution in [0.5, 0.6) is 0 Å². The molecule has 24 heavy (non-hydrogen) atoms. The number of morpholine rings is 1. The third-order valence-electron chi connectivity index (χ3n) is 4.52. The van der Waals surface area contributed by atoms with Gasteiger partial charge in [0.25, 0.3) is 0 Å². The molecule has 1 amide bonds. The summed E-state index contributed by atoms with van der Waals surface area (Å²) < 4.78 is 10.4. The SMILES string of the molecule is Cc1nc(CC(=O)N2CCc3ccc(N4CCOCC4)cc32)no1. The van der Waals surface area contributed by atoms with Crippen molar-refractivity contribution >= 4 is 17.3 Å². The number of ether oxygens (including phenoxy) is 1. The Kier molecular flexibility index (Phi) is 3.93. The van der Waals surface area contributed by atoms with Gasteiger partial charge in [-0.25, -0.2) is 0 Å². The maximum absolute atomic E-state index is 12.6. The molecular formula is C17H20N4O3. The molecule has 1 aromatic carbocycles. The summed E-state index contributed by atoms with van der Waals surface area (Å²) >= 11 is 0. The van der Waals surface area contributed by atoms with Crippen LogP contribution in [0.15, 0.2) is 22.7 Å². The first-order chi connectivity index (χ1) is 11.7. The van der Waals surface area contributed by atoms with Gasteiger partial charge in [-0.2, -0.15) is 4.98 Å². The molecular weight excluding hydrogens is 308 g/mol. The second kappa shape index (κ2) is 6.24. The van der Waals surface area contributed by atoms with Crippen molar-refractivity contribution < 1.29 is 14.1 Å². The highest BCUT2D eigenvalue weighted by molar-refractivity contribution is 5.97. The highest BCUT2D eigenvalue weighted by atomic mass is 16.5. The molecule has 7 heteroatoms. The lowest BCUT2D eigenvalue weighted by molar-refractivity contribution is -0.118. The molecule has 2 aliphatic heterocycles. The Morgan fingerprint density at radius 1 is 1.25 bits per heavy atom. The van der Waals surface area contributed by atoms with Gasteiger partial charge in [-0.15, -0.1) is 0 Å². The predicted molar refractivity (Wildman–Crippen MR) is 88.3 cm³/mol.